The number of amidine groups is 1. The predicted molar refractivity (Wildman–Crippen MR) is 88.5 cm³/mol. The van der Waals surface area contributed by atoms with E-state index >= 15 is 0 Å². The molecule has 1 aliphatic heterocycles. The summed E-state index contributed by atoms with van der Waals surface area (Å²) < 4.78 is 5.07. The van der Waals surface area contributed by atoms with Crippen LogP contribution in [0.3, 0.4) is 0 Å². The van der Waals surface area contributed by atoms with Gasteiger partial charge < -0.3 is 15.2 Å². The fraction of sp³-hybridized carbons (Fsp3) is 0.111. The SMILES string of the molecule is COc1cc(/C=C2/N=C(c3ccccc3C)NC2=O)ccc1O. The van der Waals surface area contributed by atoms with Crippen molar-refractivity contribution < 1.29 is 14.6 Å². The number of nitrogens with zero attached hydrogens (tertiary/aromatic N) is 1. The van der Waals surface area contributed by atoms with Gasteiger partial charge >= 0.3 is 0 Å². The van der Waals surface area contributed by atoms with Crippen LogP contribution in [0.15, 0.2) is 53.2 Å². The molecule has 0 aromatic heterocycles. The lowest BCUT2D eigenvalue weighted by molar-refractivity contribution is -0.115. The zero-order valence-corrected chi connectivity index (χ0v) is 12.8. The Morgan fingerprint density at radius 2 is 2.00 bits per heavy atom. The van der Waals surface area contributed by atoms with Crippen molar-refractivity contribution in [3.63, 3.8) is 0 Å². The molecule has 0 saturated heterocycles. The number of rotatable bonds is 3. The normalized spacial score (nSPS) is 15.5. The summed E-state index contributed by atoms with van der Waals surface area (Å²) >= 11 is 0. The van der Waals surface area contributed by atoms with Gasteiger partial charge in [-0.25, -0.2) is 4.99 Å². The predicted octanol–water partition coefficient (Wildman–Crippen LogP) is 2.63. The van der Waals surface area contributed by atoms with Crippen LogP contribution < -0.4 is 10.1 Å². The number of hydrogen-bond acceptors (Lipinski definition) is 4. The zero-order chi connectivity index (χ0) is 16.4. The van der Waals surface area contributed by atoms with Crippen LogP contribution in [-0.4, -0.2) is 24.0 Å². The van der Waals surface area contributed by atoms with Crippen LogP contribution in [-0.2, 0) is 4.79 Å². The van der Waals surface area contributed by atoms with E-state index in [-0.39, 0.29) is 11.7 Å². The van der Waals surface area contributed by atoms with Crippen LogP contribution in [0.2, 0.25) is 0 Å². The van der Waals surface area contributed by atoms with Crippen LogP contribution in [0.1, 0.15) is 16.7 Å². The molecule has 1 heterocycles. The standard InChI is InChI=1S/C18H16N2O3/c1-11-5-3-4-6-13(11)17-19-14(18(22)20-17)9-12-7-8-15(21)16(10-12)23-2/h3-10,21H,1-2H3,(H,19,20,22)/b14-9+. The third-order valence-electron chi connectivity index (χ3n) is 3.60. The molecule has 2 aromatic carbocycles. The first-order valence-corrected chi connectivity index (χ1v) is 7.13. The highest BCUT2D eigenvalue weighted by atomic mass is 16.5. The summed E-state index contributed by atoms with van der Waals surface area (Å²) in [6, 6.07) is 12.6. The van der Waals surface area contributed by atoms with E-state index in [0.717, 1.165) is 16.7 Å². The molecule has 0 radical (unpaired) electrons. The summed E-state index contributed by atoms with van der Waals surface area (Å²) in [5, 5.41) is 12.4. The number of hydrogen-bond donors (Lipinski definition) is 2. The Balaban J connectivity index is 1.97. The van der Waals surface area contributed by atoms with Gasteiger partial charge in [0, 0.05) is 5.56 Å². The maximum atomic E-state index is 12.1. The van der Waals surface area contributed by atoms with Gasteiger partial charge in [0.1, 0.15) is 11.5 Å². The maximum absolute atomic E-state index is 12.1. The first-order valence-electron chi connectivity index (χ1n) is 7.13. The molecule has 0 saturated carbocycles. The Labute approximate surface area is 133 Å². The number of phenolic OH excluding ortho intramolecular Hbond substituents is 1. The van der Waals surface area contributed by atoms with Crippen molar-refractivity contribution in [3.8, 4) is 11.5 Å². The Bertz CT molecular complexity index is 838. The highest BCUT2D eigenvalue weighted by molar-refractivity contribution is 6.20. The number of phenols is 1. The van der Waals surface area contributed by atoms with Gasteiger partial charge in [-0.15, -0.1) is 0 Å². The first kappa shape index (κ1) is 14.8. The van der Waals surface area contributed by atoms with E-state index in [1.165, 1.54) is 13.2 Å². The molecule has 0 aliphatic carbocycles. The quantitative estimate of drug-likeness (QED) is 0.856. The molecule has 5 heteroatoms. The molecule has 23 heavy (non-hydrogen) atoms. The molecule has 2 aromatic rings. The number of amides is 1. The van der Waals surface area contributed by atoms with Crippen molar-refractivity contribution in [3.05, 3.63) is 64.9 Å². The van der Waals surface area contributed by atoms with Crippen LogP contribution in [0.4, 0.5) is 0 Å². The number of nitrogens with one attached hydrogen (secondary N) is 1. The average Bonchev–Trinajstić information content (AvgIpc) is 2.90. The van der Waals surface area contributed by atoms with Crippen LogP contribution >= 0.6 is 0 Å². The van der Waals surface area contributed by atoms with Crippen molar-refractivity contribution in [2.45, 2.75) is 6.92 Å². The lowest BCUT2D eigenvalue weighted by atomic mass is 10.1. The largest absolute Gasteiger partial charge is 0.504 e. The third kappa shape index (κ3) is 2.94. The number of aromatic hydroxyl groups is 1. The molecule has 116 valence electrons. The van der Waals surface area contributed by atoms with Crippen molar-refractivity contribution in [2.75, 3.05) is 7.11 Å². The van der Waals surface area contributed by atoms with Crippen molar-refractivity contribution in [1.82, 2.24) is 5.32 Å². The van der Waals surface area contributed by atoms with Gasteiger partial charge in [0.2, 0.25) is 0 Å². The molecule has 0 bridgehead atoms. The molecule has 0 atom stereocenters. The molecule has 0 unspecified atom stereocenters. The third-order valence-corrected chi connectivity index (χ3v) is 3.60. The van der Waals surface area contributed by atoms with Gasteiger partial charge in [0.05, 0.1) is 7.11 Å². The van der Waals surface area contributed by atoms with Gasteiger partial charge in [-0.2, -0.15) is 0 Å². The summed E-state index contributed by atoms with van der Waals surface area (Å²) in [6.07, 6.45) is 1.66. The Morgan fingerprint density at radius 3 is 2.74 bits per heavy atom. The van der Waals surface area contributed by atoms with E-state index in [0.29, 0.717) is 17.3 Å². The molecule has 3 rings (SSSR count). The number of carbonyl (C=O) groups is 1. The van der Waals surface area contributed by atoms with E-state index in [4.69, 9.17) is 4.74 Å². The van der Waals surface area contributed by atoms with E-state index in [2.05, 4.69) is 10.3 Å². The average molecular weight is 308 g/mol. The smallest absolute Gasteiger partial charge is 0.275 e. The molecular formula is C18H16N2O3. The fourth-order valence-electron chi connectivity index (χ4n) is 2.38. The fourth-order valence-corrected chi connectivity index (χ4v) is 2.38. The summed E-state index contributed by atoms with van der Waals surface area (Å²) in [6.45, 7) is 1.97. The number of methoxy groups -OCH3 is 1. The Kier molecular flexibility index (Phi) is 3.85. The summed E-state index contributed by atoms with van der Waals surface area (Å²) in [5.41, 5.74) is 2.97. The maximum Gasteiger partial charge on any atom is 0.275 e. The molecule has 1 aliphatic rings. The monoisotopic (exact) mass is 308 g/mol. The van der Waals surface area contributed by atoms with Gasteiger partial charge in [-0.3, -0.25) is 4.79 Å². The lowest BCUT2D eigenvalue weighted by Gasteiger charge is -2.03. The van der Waals surface area contributed by atoms with Crippen LogP contribution in [0.25, 0.3) is 6.08 Å². The van der Waals surface area contributed by atoms with E-state index in [9.17, 15) is 9.90 Å². The van der Waals surface area contributed by atoms with Crippen LogP contribution in [0, 0.1) is 6.92 Å². The second-order valence-corrected chi connectivity index (χ2v) is 5.19. The summed E-state index contributed by atoms with van der Waals surface area (Å²) in [4.78, 5) is 16.5. The Morgan fingerprint density at radius 1 is 1.22 bits per heavy atom. The second kappa shape index (κ2) is 5.96. The van der Waals surface area contributed by atoms with Gasteiger partial charge in [-0.05, 0) is 36.3 Å². The lowest BCUT2D eigenvalue weighted by Crippen LogP contribution is -2.25. The molecule has 1 amide bonds. The highest BCUT2D eigenvalue weighted by Gasteiger charge is 2.22. The van der Waals surface area contributed by atoms with Crippen molar-refractivity contribution >= 4 is 17.8 Å². The number of aryl methyl sites for hydroxylation is 1. The summed E-state index contributed by atoms with van der Waals surface area (Å²) in [7, 11) is 1.47. The van der Waals surface area contributed by atoms with E-state index in [1.807, 2.05) is 31.2 Å². The van der Waals surface area contributed by atoms with Crippen LogP contribution in [0.5, 0.6) is 11.5 Å². The zero-order valence-electron chi connectivity index (χ0n) is 12.8. The van der Waals surface area contributed by atoms with E-state index < -0.39 is 0 Å². The molecule has 5 nitrogen and oxygen atoms in total. The van der Waals surface area contributed by atoms with E-state index in [1.54, 1.807) is 18.2 Å². The molecular weight excluding hydrogens is 292 g/mol. The topological polar surface area (TPSA) is 70.9 Å². The van der Waals surface area contributed by atoms with Gasteiger partial charge in [-0.1, -0.05) is 30.3 Å². The number of carbonyl (C=O) groups excluding carboxylic acids is 1. The molecule has 0 spiro atoms. The first-order chi connectivity index (χ1) is 11.1. The number of aliphatic imine (C=N–C) groups is 1. The van der Waals surface area contributed by atoms with Crippen molar-refractivity contribution in [2.24, 2.45) is 4.99 Å². The number of benzene rings is 2. The van der Waals surface area contributed by atoms with Gasteiger partial charge in [0.25, 0.3) is 5.91 Å². The second-order valence-electron chi connectivity index (χ2n) is 5.19. The minimum absolute atomic E-state index is 0.0506. The Hall–Kier alpha value is -3.08. The minimum atomic E-state index is -0.254. The van der Waals surface area contributed by atoms with Crippen molar-refractivity contribution in [1.29, 1.82) is 0 Å². The number of ether oxygens (including phenoxy) is 1. The minimum Gasteiger partial charge on any atom is -0.504 e. The summed E-state index contributed by atoms with van der Waals surface area (Å²) in [5.74, 6) is 0.691. The molecule has 2 N–H and O–H groups in total. The molecule has 0 fully saturated rings. The highest BCUT2D eigenvalue weighted by Crippen LogP contribution is 2.27. The van der Waals surface area contributed by atoms with Gasteiger partial charge in [0.15, 0.2) is 11.5 Å².